The summed E-state index contributed by atoms with van der Waals surface area (Å²) in [6.45, 7) is 3.36. The molecule has 0 rings (SSSR count). The second-order valence-electron chi connectivity index (χ2n) is 3.25. The van der Waals surface area contributed by atoms with Crippen LogP contribution in [0.15, 0.2) is 0 Å². The average molecular weight is 250 g/mol. The molecule has 0 fully saturated rings. The molecule has 0 spiro atoms. The number of thiocarbonyl (C=S) groups is 1. The third-order valence-electron chi connectivity index (χ3n) is 1.75. The van der Waals surface area contributed by atoms with Gasteiger partial charge in [0.2, 0.25) is 0 Å². The van der Waals surface area contributed by atoms with Crippen molar-refractivity contribution in [3.63, 3.8) is 0 Å². The third kappa shape index (κ3) is 8.58. The number of aliphatic carboxylic acids is 1. The minimum atomic E-state index is -1.23. The predicted octanol–water partition coefficient (Wildman–Crippen LogP) is 0.983. The van der Waals surface area contributed by atoms with Crippen LogP contribution < -0.4 is 0 Å². The van der Waals surface area contributed by atoms with Gasteiger partial charge in [-0.1, -0.05) is 13.3 Å². The summed E-state index contributed by atoms with van der Waals surface area (Å²) in [6.07, 6.45) is 0.390. The van der Waals surface area contributed by atoms with Crippen LogP contribution >= 0.6 is 12.2 Å². The zero-order chi connectivity index (χ0) is 12.4. The van der Waals surface area contributed by atoms with Gasteiger partial charge in [-0.25, -0.2) is 0 Å². The van der Waals surface area contributed by atoms with Crippen LogP contribution in [0.2, 0.25) is 0 Å². The van der Waals surface area contributed by atoms with E-state index in [9.17, 15) is 9.90 Å². The summed E-state index contributed by atoms with van der Waals surface area (Å²) in [5.41, 5.74) is 0. The van der Waals surface area contributed by atoms with Gasteiger partial charge in [-0.05, 0) is 18.6 Å². The van der Waals surface area contributed by atoms with Crippen molar-refractivity contribution in [2.45, 2.75) is 32.3 Å². The molecular weight excluding hydrogens is 232 g/mol. The van der Waals surface area contributed by atoms with E-state index < -0.39 is 18.5 Å². The van der Waals surface area contributed by atoms with Gasteiger partial charge >= 0.3 is 5.97 Å². The van der Waals surface area contributed by atoms with Gasteiger partial charge in [-0.15, -0.1) is 0 Å². The average Bonchev–Trinajstić information content (AvgIpc) is 2.21. The van der Waals surface area contributed by atoms with E-state index in [0.29, 0.717) is 13.2 Å². The summed E-state index contributed by atoms with van der Waals surface area (Å²) >= 11 is 4.70. The molecule has 0 aliphatic rings. The third-order valence-corrected chi connectivity index (χ3v) is 2.14. The topological polar surface area (TPSA) is 76.0 Å². The molecule has 0 heterocycles. The van der Waals surface area contributed by atoms with Gasteiger partial charge in [0.1, 0.15) is 12.7 Å². The Morgan fingerprint density at radius 2 is 2.06 bits per heavy atom. The van der Waals surface area contributed by atoms with E-state index in [1.807, 2.05) is 0 Å². The van der Waals surface area contributed by atoms with Crippen LogP contribution in [0.4, 0.5) is 0 Å². The Balaban J connectivity index is 3.46. The number of aliphatic hydroxyl groups is 1. The number of ether oxygens (including phenoxy) is 2. The van der Waals surface area contributed by atoms with Gasteiger partial charge in [-0.3, -0.25) is 4.79 Å². The van der Waals surface area contributed by atoms with E-state index in [4.69, 9.17) is 26.8 Å². The standard InChI is InChI=1S/C10H18O5S/c1-2-3-4-14-5-6-15-10(16)8(11)7-9(12)13/h8,11H,2-7H2,1H3,(H,12,13). The first kappa shape index (κ1) is 15.3. The maximum absolute atomic E-state index is 10.3. The van der Waals surface area contributed by atoms with E-state index in [1.165, 1.54) is 0 Å². The molecule has 2 N–H and O–H groups in total. The highest BCUT2D eigenvalue weighted by Crippen LogP contribution is 1.98. The smallest absolute Gasteiger partial charge is 0.306 e. The van der Waals surface area contributed by atoms with E-state index in [0.717, 1.165) is 12.8 Å². The Kier molecular flexibility index (Phi) is 9.07. The van der Waals surface area contributed by atoms with Gasteiger partial charge in [-0.2, -0.15) is 0 Å². The van der Waals surface area contributed by atoms with Crippen molar-refractivity contribution in [1.82, 2.24) is 0 Å². The van der Waals surface area contributed by atoms with Crippen LogP contribution in [-0.4, -0.2) is 47.2 Å². The molecule has 0 saturated heterocycles. The monoisotopic (exact) mass is 250 g/mol. The van der Waals surface area contributed by atoms with Gasteiger partial charge in [0.05, 0.1) is 13.0 Å². The molecule has 0 saturated carbocycles. The Hall–Kier alpha value is -0.720. The van der Waals surface area contributed by atoms with Crippen LogP contribution in [0.5, 0.6) is 0 Å². The molecule has 0 aromatic carbocycles. The van der Waals surface area contributed by atoms with Crippen LogP contribution in [0.3, 0.4) is 0 Å². The SMILES string of the molecule is CCCCOCCOC(=S)C(O)CC(=O)O. The Morgan fingerprint density at radius 3 is 2.62 bits per heavy atom. The predicted molar refractivity (Wildman–Crippen MR) is 62.5 cm³/mol. The van der Waals surface area contributed by atoms with Crippen LogP contribution in [-0.2, 0) is 14.3 Å². The maximum Gasteiger partial charge on any atom is 0.306 e. The second-order valence-corrected chi connectivity index (χ2v) is 3.65. The molecule has 0 bridgehead atoms. The summed E-state index contributed by atoms with van der Waals surface area (Å²) in [4.78, 5) is 10.3. The molecule has 6 heteroatoms. The van der Waals surface area contributed by atoms with Gasteiger partial charge in [0.15, 0.2) is 5.05 Å². The first-order valence-electron chi connectivity index (χ1n) is 5.22. The van der Waals surface area contributed by atoms with Gasteiger partial charge in [0, 0.05) is 6.61 Å². The molecule has 0 aromatic heterocycles. The largest absolute Gasteiger partial charge is 0.482 e. The summed E-state index contributed by atoms with van der Waals surface area (Å²) in [5, 5.41) is 17.5. The first-order valence-corrected chi connectivity index (χ1v) is 5.63. The molecule has 94 valence electrons. The highest BCUT2D eigenvalue weighted by molar-refractivity contribution is 7.80. The Morgan fingerprint density at radius 1 is 1.38 bits per heavy atom. The molecule has 1 unspecified atom stereocenters. The fraction of sp³-hybridized carbons (Fsp3) is 0.800. The number of hydrogen-bond acceptors (Lipinski definition) is 5. The molecule has 0 radical (unpaired) electrons. The number of rotatable bonds is 9. The highest BCUT2D eigenvalue weighted by atomic mass is 32.1. The quantitative estimate of drug-likeness (QED) is 0.469. The van der Waals surface area contributed by atoms with Gasteiger partial charge in [0.25, 0.3) is 0 Å². The van der Waals surface area contributed by atoms with Crippen LogP contribution in [0.1, 0.15) is 26.2 Å². The molecule has 1 atom stereocenters. The summed E-state index contributed by atoms with van der Waals surface area (Å²) in [7, 11) is 0. The van der Waals surface area contributed by atoms with Crippen molar-refractivity contribution in [2.24, 2.45) is 0 Å². The second kappa shape index (κ2) is 9.50. The van der Waals surface area contributed by atoms with Crippen molar-refractivity contribution < 1.29 is 24.5 Å². The molecular formula is C10H18O5S. The minimum Gasteiger partial charge on any atom is -0.482 e. The minimum absolute atomic E-state index is 0.0958. The Bertz CT molecular complexity index is 219. The van der Waals surface area contributed by atoms with E-state index in [2.05, 4.69) is 6.92 Å². The van der Waals surface area contributed by atoms with Crippen LogP contribution in [0, 0.1) is 0 Å². The summed E-state index contributed by atoms with van der Waals surface area (Å²) in [6, 6.07) is 0. The molecule has 0 aromatic rings. The fourth-order valence-electron chi connectivity index (χ4n) is 0.895. The molecule has 0 aliphatic heterocycles. The number of carboxylic acid groups (broad SMARTS) is 1. The van der Waals surface area contributed by atoms with E-state index in [1.54, 1.807) is 0 Å². The van der Waals surface area contributed by atoms with Gasteiger partial charge < -0.3 is 19.7 Å². The molecule has 0 aliphatic carbocycles. The summed E-state index contributed by atoms with van der Waals surface area (Å²) < 4.78 is 10.2. The van der Waals surface area contributed by atoms with Crippen molar-refractivity contribution in [3.8, 4) is 0 Å². The molecule has 0 amide bonds. The fourth-order valence-corrected chi connectivity index (χ4v) is 1.06. The lowest BCUT2D eigenvalue weighted by atomic mass is 10.3. The van der Waals surface area contributed by atoms with E-state index >= 15 is 0 Å². The lowest BCUT2D eigenvalue weighted by Gasteiger charge is -2.11. The van der Waals surface area contributed by atoms with Crippen molar-refractivity contribution in [1.29, 1.82) is 0 Å². The number of unbranched alkanes of at least 4 members (excludes halogenated alkanes) is 1. The molecule has 16 heavy (non-hydrogen) atoms. The van der Waals surface area contributed by atoms with Crippen molar-refractivity contribution in [3.05, 3.63) is 0 Å². The number of hydrogen-bond donors (Lipinski definition) is 2. The lowest BCUT2D eigenvalue weighted by molar-refractivity contribution is -0.138. The van der Waals surface area contributed by atoms with E-state index in [-0.39, 0.29) is 11.7 Å². The van der Waals surface area contributed by atoms with Crippen molar-refractivity contribution in [2.75, 3.05) is 19.8 Å². The summed E-state index contributed by atoms with van der Waals surface area (Å²) in [5.74, 6) is -1.11. The number of aliphatic hydroxyl groups excluding tert-OH is 1. The van der Waals surface area contributed by atoms with Crippen LogP contribution in [0.25, 0.3) is 0 Å². The first-order chi connectivity index (χ1) is 7.57. The number of carbonyl (C=O) groups is 1. The zero-order valence-corrected chi connectivity index (χ0v) is 10.2. The normalized spacial score (nSPS) is 12.1. The highest BCUT2D eigenvalue weighted by Gasteiger charge is 2.15. The Labute approximate surface area is 100 Å². The zero-order valence-electron chi connectivity index (χ0n) is 9.35. The molecule has 5 nitrogen and oxygen atoms in total. The maximum atomic E-state index is 10.3. The van der Waals surface area contributed by atoms with Crippen molar-refractivity contribution >= 4 is 23.2 Å². The lowest BCUT2D eigenvalue weighted by Crippen LogP contribution is -2.25. The number of carboxylic acids is 1.